The minimum atomic E-state index is -0.647. The van der Waals surface area contributed by atoms with Crippen molar-refractivity contribution in [2.45, 2.75) is 70.5 Å². The quantitative estimate of drug-likeness (QED) is 0.265. The van der Waals surface area contributed by atoms with E-state index in [0.29, 0.717) is 49.0 Å². The Morgan fingerprint density at radius 1 is 1.14 bits per heavy atom. The van der Waals surface area contributed by atoms with Gasteiger partial charge in [-0.25, -0.2) is 14.8 Å². The number of hydrogen-bond donors (Lipinski definition) is 2. The highest BCUT2D eigenvalue weighted by Gasteiger charge is 2.33. The van der Waals surface area contributed by atoms with E-state index in [1.807, 2.05) is 24.5 Å². The number of fused-ring (bicyclic) bond motifs is 1. The summed E-state index contributed by atoms with van der Waals surface area (Å²) in [4.78, 5) is 36.0. The number of nitrogens with one attached hydrogen (secondary N) is 2. The Balaban J connectivity index is 1.37. The van der Waals surface area contributed by atoms with Crippen molar-refractivity contribution in [3.63, 3.8) is 0 Å². The minimum absolute atomic E-state index is 0.0200. The van der Waals surface area contributed by atoms with E-state index in [9.17, 15) is 4.79 Å². The fourth-order valence-electron chi connectivity index (χ4n) is 6.79. The molecule has 0 aromatic carbocycles. The van der Waals surface area contributed by atoms with E-state index in [2.05, 4.69) is 49.5 Å². The van der Waals surface area contributed by atoms with Gasteiger partial charge in [0, 0.05) is 31.5 Å². The van der Waals surface area contributed by atoms with Crippen LogP contribution < -0.4 is 16.0 Å². The Morgan fingerprint density at radius 3 is 2.65 bits per heavy atom. The van der Waals surface area contributed by atoms with Gasteiger partial charge in [0.25, 0.3) is 0 Å². The van der Waals surface area contributed by atoms with Crippen LogP contribution in [0.4, 0.5) is 11.8 Å². The van der Waals surface area contributed by atoms with Gasteiger partial charge < -0.3 is 19.5 Å². The van der Waals surface area contributed by atoms with Gasteiger partial charge in [0.15, 0.2) is 11.5 Å². The second-order valence-electron chi connectivity index (χ2n) is 12.2. The smallest absolute Gasteiger partial charge is 0.377 e. The number of imidazole rings is 1. The molecule has 1 aliphatic heterocycles. The van der Waals surface area contributed by atoms with Crippen LogP contribution in [0.15, 0.2) is 46.5 Å². The second kappa shape index (κ2) is 11.9. The number of hydrogen-bond acceptors (Lipinski definition) is 10. The molecule has 2 atom stereocenters. The van der Waals surface area contributed by atoms with Crippen molar-refractivity contribution >= 4 is 22.9 Å². The molecule has 4 aromatic rings. The lowest BCUT2D eigenvalue weighted by atomic mass is 9.80. The van der Waals surface area contributed by atoms with Crippen molar-refractivity contribution in [1.29, 1.82) is 0 Å². The Hall–Kier alpha value is -4.06. The van der Waals surface area contributed by atoms with Crippen LogP contribution in [-0.2, 0) is 11.3 Å². The zero-order chi connectivity index (χ0) is 29.3. The monoisotopic (exact) mass is 585 g/mol. The van der Waals surface area contributed by atoms with E-state index in [1.54, 1.807) is 0 Å². The number of pyridine rings is 1. The van der Waals surface area contributed by atoms with Crippen LogP contribution in [0.1, 0.15) is 63.5 Å². The maximum absolute atomic E-state index is 11.8. The average Bonchev–Trinajstić information content (AvgIpc) is 3.60. The van der Waals surface area contributed by atoms with Gasteiger partial charge in [-0.3, -0.25) is 14.5 Å². The molecule has 3 fully saturated rings. The van der Waals surface area contributed by atoms with Crippen LogP contribution in [0.5, 0.6) is 0 Å². The molecular formula is C31H39N9O3. The van der Waals surface area contributed by atoms with Crippen molar-refractivity contribution in [2.75, 3.05) is 30.0 Å². The van der Waals surface area contributed by atoms with Gasteiger partial charge in [-0.05, 0) is 80.9 Å². The zero-order valence-electron chi connectivity index (χ0n) is 24.6. The largest absolute Gasteiger partial charge is 0.439 e. The number of ether oxygens (including phenoxy) is 1. The number of allylic oxidation sites excluding steroid dienone is 1. The number of aromatic nitrogens is 7. The standard InChI is InChI=1S/C31H39N9O3/c1-3-20-7-9-21(10-8-20)17-40-25-26(33-19(2)22-5-4-6-22)34-28(29-37-31(41)43-38-29)35-27(25)36-30(40)39-15-16-42-18-24(39)23-11-13-32-14-12-23/h3,11-14,19-22,24H,1,4-10,15-18H2,2H3,(H,33,34,35)(H,37,38,41)/t19-,20-,21-,24+/m1/s1. The third-order valence-corrected chi connectivity index (χ3v) is 9.60. The van der Waals surface area contributed by atoms with Gasteiger partial charge in [0.05, 0.1) is 19.3 Å². The summed E-state index contributed by atoms with van der Waals surface area (Å²) in [5.74, 6) is 3.04. The number of rotatable bonds is 9. The number of nitrogens with zero attached hydrogens (tertiary/aromatic N) is 7. The summed E-state index contributed by atoms with van der Waals surface area (Å²) in [6.07, 6.45) is 14.0. The Labute approximate surface area is 250 Å². The topological polar surface area (TPSA) is 140 Å². The zero-order valence-corrected chi connectivity index (χ0v) is 24.6. The van der Waals surface area contributed by atoms with Crippen LogP contribution in [-0.4, -0.2) is 60.4 Å². The molecule has 0 spiro atoms. The minimum Gasteiger partial charge on any atom is -0.377 e. The third kappa shape index (κ3) is 5.55. The van der Waals surface area contributed by atoms with Gasteiger partial charge in [-0.15, -0.1) is 6.58 Å². The van der Waals surface area contributed by atoms with Crippen molar-refractivity contribution in [2.24, 2.45) is 17.8 Å². The van der Waals surface area contributed by atoms with Gasteiger partial charge in [-0.1, -0.05) is 17.7 Å². The Bertz CT molecular complexity index is 1620. The van der Waals surface area contributed by atoms with Gasteiger partial charge in [-0.2, -0.15) is 4.98 Å². The summed E-state index contributed by atoms with van der Waals surface area (Å²) in [5.41, 5.74) is 2.57. The van der Waals surface area contributed by atoms with Crippen LogP contribution in [0.3, 0.4) is 0 Å². The molecule has 0 unspecified atom stereocenters. The number of morpholine rings is 1. The van der Waals surface area contributed by atoms with E-state index in [4.69, 9.17) is 24.2 Å². The van der Waals surface area contributed by atoms with Gasteiger partial charge in [0.1, 0.15) is 5.52 Å². The van der Waals surface area contributed by atoms with Crippen molar-refractivity contribution in [3.05, 3.63) is 53.3 Å². The van der Waals surface area contributed by atoms with Crippen molar-refractivity contribution < 1.29 is 9.26 Å². The Kier molecular flexibility index (Phi) is 7.69. The van der Waals surface area contributed by atoms with Crippen LogP contribution >= 0.6 is 0 Å². The lowest BCUT2D eigenvalue weighted by Gasteiger charge is -2.37. The molecule has 2 N–H and O–H groups in total. The normalized spacial score (nSPS) is 23.7. The summed E-state index contributed by atoms with van der Waals surface area (Å²) in [7, 11) is 0. The first-order chi connectivity index (χ1) is 21.1. The fourth-order valence-corrected chi connectivity index (χ4v) is 6.79. The summed E-state index contributed by atoms with van der Waals surface area (Å²) in [5, 5.41) is 7.61. The predicted molar refractivity (Wildman–Crippen MR) is 163 cm³/mol. The first-order valence-electron chi connectivity index (χ1n) is 15.6. The molecule has 43 heavy (non-hydrogen) atoms. The number of anilines is 2. The van der Waals surface area contributed by atoms with Crippen LogP contribution in [0.2, 0.25) is 0 Å². The Morgan fingerprint density at radius 2 is 1.95 bits per heavy atom. The molecule has 5 heterocycles. The van der Waals surface area contributed by atoms with E-state index < -0.39 is 5.76 Å². The molecule has 3 aliphatic rings. The van der Waals surface area contributed by atoms with Gasteiger partial charge >= 0.3 is 5.76 Å². The molecule has 4 aromatic heterocycles. The number of aromatic amines is 1. The van der Waals surface area contributed by atoms with E-state index >= 15 is 0 Å². The molecule has 12 nitrogen and oxygen atoms in total. The molecular weight excluding hydrogens is 546 g/mol. The highest BCUT2D eigenvalue weighted by molar-refractivity contribution is 5.87. The summed E-state index contributed by atoms with van der Waals surface area (Å²) >= 11 is 0. The molecule has 12 heteroatoms. The van der Waals surface area contributed by atoms with Crippen molar-refractivity contribution in [1.82, 2.24) is 34.6 Å². The van der Waals surface area contributed by atoms with Crippen LogP contribution in [0.25, 0.3) is 22.8 Å². The second-order valence-corrected chi connectivity index (χ2v) is 12.2. The first kappa shape index (κ1) is 27.8. The molecule has 226 valence electrons. The van der Waals surface area contributed by atoms with Crippen molar-refractivity contribution in [3.8, 4) is 11.6 Å². The SMILES string of the molecule is C=C[C@H]1CC[C@H](Cn2c(N3CCOC[C@H]3c3ccncc3)nc3nc(-c4noc(=O)[nH]4)nc(N[C@H](C)C4CCC4)c32)CC1. The fraction of sp³-hybridized carbons (Fsp3) is 0.548. The summed E-state index contributed by atoms with van der Waals surface area (Å²) in [6, 6.07) is 4.29. The maximum Gasteiger partial charge on any atom is 0.439 e. The lowest BCUT2D eigenvalue weighted by molar-refractivity contribution is 0.0927. The van der Waals surface area contributed by atoms with E-state index in [-0.39, 0.29) is 23.7 Å². The van der Waals surface area contributed by atoms with Crippen LogP contribution in [0, 0.1) is 17.8 Å². The molecule has 7 rings (SSSR count). The molecule has 1 saturated heterocycles. The van der Waals surface area contributed by atoms with Gasteiger partial charge in [0.2, 0.25) is 17.6 Å². The maximum atomic E-state index is 11.8. The average molecular weight is 586 g/mol. The molecule has 0 radical (unpaired) electrons. The first-order valence-corrected chi connectivity index (χ1v) is 15.6. The highest BCUT2D eigenvalue weighted by atomic mass is 16.5. The predicted octanol–water partition coefficient (Wildman–Crippen LogP) is 4.74. The summed E-state index contributed by atoms with van der Waals surface area (Å²) < 4.78 is 13.1. The lowest BCUT2D eigenvalue weighted by Crippen LogP contribution is -2.41. The van der Waals surface area contributed by atoms with E-state index in [0.717, 1.165) is 49.3 Å². The summed E-state index contributed by atoms with van der Waals surface area (Å²) in [6.45, 7) is 8.92. The highest BCUT2D eigenvalue weighted by Crippen LogP contribution is 2.38. The molecule has 2 aliphatic carbocycles. The van der Waals surface area contributed by atoms with E-state index in [1.165, 1.54) is 19.3 Å². The molecule has 2 saturated carbocycles. The third-order valence-electron chi connectivity index (χ3n) is 9.60. The molecule has 0 bridgehead atoms. The number of H-pyrrole nitrogens is 1. The molecule has 0 amide bonds.